The highest BCUT2D eigenvalue weighted by Gasteiger charge is 2.33. The highest BCUT2D eigenvalue weighted by Crippen LogP contribution is 2.31. The van der Waals surface area contributed by atoms with Crippen LogP contribution in [0.3, 0.4) is 0 Å². The van der Waals surface area contributed by atoms with Crippen molar-refractivity contribution in [2.45, 2.75) is 26.8 Å². The van der Waals surface area contributed by atoms with E-state index in [1.165, 1.54) is 29.7 Å². The molecule has 10 nitrogen and oxygen atoms in total. The molecule has 1 aromatic heterocycles. The van der Waals surface area contributed by atoms with Crippen LogP contribution in [0.4, 0.5) is 5.69 Å². The van der Waals surface area contributed by atoms with Crippen LogP contribution in [-0.4, -0.2) is 28.0 Å². The normalized spacial score (nSPS) is 15.2. The molecule has 0 amide bonds. The van der Waals surface area contributed by atoms with E-state index in [0.29, 0.717) is 31.9 Å². The van der Waals surface area contributed by atoms with E-state index < -0.39 is 28.5 Å². The number of allylic oxidation sites excluding steroid dienone is 1. The largest absolute Gasteiger partial charge is 0.463 e. The Morgan fingerprint density at radius 1 is 1.22 bits per heavy atom. The highest BCUT2D eigenvalue weighted by molar-refractivity contribution is 7.07. The van der Waals surface area contributed by atoms with Gasteiger partial charge in [0.1, 0.15) is 5.75 Å². The molecule has 0 fully saturated rings. The number of non-ortho nitro benzene ring substituents is 1. The zero-order chi connectivity index (χ0) is 26.0. The van der Waals surface area contributed by atoms with E-state index in [-0.39, 0.29) is 17.9 Å². The van der Waals surface area contributed by atoms with Crippen molar-refractivity contribution in [1.82, 2.24) is 4.57 Å². The van der Waals surface area contributed by atoms with Crippen LogP contribution in [0.2, 0.25) is 0 Å². The maximum absolute atomic E-state index is 13.6. The molecule has 4 rings (SSSR count). The van der Waals surface area contributed by atoms with Gasteiger partial charge in [0.15, 0.2) is 4.80 Å². The molecular weight excluding hydrogens is 486 g/mol. The Balaban J connectivity index is 1.90. The highest BCUT2D eigenvalue weighted by atomic mass is 32.1. The van der Waals surface area contributed by atoms with Crippen molar-refractivity contribution in [3.8, 4) is 5.75 Å². The zero-order valence-corrected chi connectivity index (χ0v) is 20.4. The Labute approximate surface area is 208 Å². The zero-order valence-electron chi connectivity index (χ0n) is 19.6. The third-order valence-corrected chi connectivity index (χ3v) is 6.34. The number of carbonyl (C=O) groups excluding carboxylic acids is 2. The van der Waals surface area contributed by atoms with E-state index in [0.717, 1.165) is 11.3 Å². The molecule has 0 saturated carbocycles. The van der Waals surface area contributed by atoms with Crippen LogP contribution in [-0.2, 0) is 14.3 Å². The molecule has 3 aromatic rings. The molecule has 0 aliphatic carbocycles. The minimum atomic E-state index is -0.834. The van der Waals surface area contributed by atoms with Gasteiger partial charge in [-0.25, -0.2) is 9.79 Å². The molecule has 0 bridgehead atoms. The predicted octanol–water partition coefficient (Wildman–Crippen LogP) is 2.63. The molecule has 0 saturated heterocycles. The van der Waals surface area contributed by atoms with Crippen molar-refractivity contribution in [3.63, 3.8) is 0 Å². The van der Waals surface area contributed by atoms with Crippen molar-refractivity contribution >= 4 is 35.0 Å². The summed E-state index contributed by atoms with van der Waals surface area (Å²) in [6, 6.07) is 11.6. The fraction of sp³-hybridized carbons (Fsp3) is 0.200. The molecule has 0 N–H and O–H groups in total. The molecule has 0 radical (unpaired) electrons. The Bertz CT molecular complexity index is 1580. The first-order valence-electron chi connectivity index (χ1n) is 10.9. The predicted molar refractivity (Wildman–Crippen MR) is 131 cm³/mol. The smallest absolute Gasteiger partial charge is 0.338 e. The minimum Gasteiger partial charge on any atom is -0.463 e. The average molecular weight is 508 g/mol. The number of rotatable bonds is 6. The first kappa shape index (κ1) is 24.7. The van der Waals surface area contributed by atoms with Crippen molar-refractivity contribution in [3.05, 3.63) is 101 Å². The monoisotopic (exact) mass is 507 g/mol. The van der Waals surface area contributed by atoms with Gasteiger partial charge in [0.25, 0.3) is 11.2 Å². The van der Waals surface area contributed by atoms with E-state index >= 15 is 0 Å². The lowest BCUT2D eigenvalue weighted by Gasteiger charge is -2.24. The van der Waals surface area contributed by atoms with Gasteiger partial charge in [-0.3, -0.25) is 24.3 Å². The molecule has 2 aromatic carbocycles. The fourth-order valence-electron chi connectivity index (χ4n) is 3.87. The van der Waals surface area contributed by atoms with E-state index in [1.807, 2.05) is 0 Å². The summed E-state index contributed by atoms with van der Waals surface area (Å²) in [5.41, 5.74) is 1.19. The molecule has 0 spiro atoms. The first-order chi connectivity index (χ1) is 17.2. The number of thiazole rings is 1. The van der Waals surface area contributed by atoms with Crippen molar-refractivity contribution in [2.24, 2.45) is 4.99 Å². The van der Waals surface area contributed by atoms with Crippen LogP contribution in [0.1, 0.15) is 37.9 Å². The Hall–Kier alpha value is -4.38. The van der Waals surface area contributed by atoms with Crippen molar-refractivity contribution in [1.29, 1.82) is 0 Å². The van der Waals surface area contributed by atoms with E-state index in [1.54, 1.807) is 50.3 Å². The molecule has 11 heteroatoms. The number of aromatic nitrogens is 1. The molecular formula is C25H21N3O7S. The number of esters is 2. The van der Waals surface area contributed by atoms with Gasteiger partial charge in [-0.15, -0.1) is 0 Å². The third-order valence-electron chi connectivity index (χ3n) is 5.35. The number of nitrogens with zero attached hydrogens (tertiary/aromatic N) is 3. The van der Waals surface area contributed by atoms with Crippen LogP contribution in [0, 0.1) is 10.1 Å². The number of nitro groups is 1. The molecule has 1 aliphatic rings. The molecule has 0 unspecified atom stereocenters. The Kier molecular flexibility index (Phi) is 6.93. The van der Waals surface area contributed by atoms with Gasteiger partial charge in [-0.1, -0.05) is 35.6 Å². The average Bonchev–Trinajstić information content (AvgIpc) is 3.13. The van der Waals surface area contributed by atoms with Crippen molar-refractivity contribution in [2.75, 3.05) is 6.61 Å². The summed E-state index contributed by atoms with van der Waals surface area (Å²) < 4.78 is 12.1. The third kappa shape index (κ3) is 4.86. The van der Waals surface area contributed by atoms with Crippen LogP contribution < -0.4 is 19.6 Å². The number of carbonyl (C=O) groups is 2. The second kappa shape index (κ2) is 10.1. The minimum absolute atomic E-state index is 0.0947. The SMILES string of the molecule is CCOC(=O)C1=C(C)N=c2s/c(=C\c3cccc([N+](=O)[O-])c3)c(=O)n2[C@@H]1c1ccc(OC(C)=O)cc1. The standard InChI is InChI=1S/C25H21N3O7S/c1-4-34-24(31)21-14(2)26-25-27(22(21)17-8-10-19(11-9-17)35-15(3)29)23(30)20(36-25)13-16-6-5-7-18(12-16)28(32)33/h5-13,22H,4H2,1-3H3/b20-13-/t22-/m1/s1. The van der Waals surface area contributed by atoms with Gasteiger partial charge in [0.05, 0.1) is 33.4 Å². The van der Waals surface area contributed by atoms with Crippen LogP contribution >= 0.6 is 11.3 Å². The molecule has 2 heterocycles. The number of nitro benzene ring substituents is 1. The van der Waals surface area contributed by atoms with Gasteiger partial charge in [0, 0.05) is 19.1 Å². The van der Waals surface area contributed by atoms with Crippen LogP contribution in [0.25, 0.3) is 6.08 Å². The summed E-state index contributed by atoms with van der Waals surface area (Å²) in [6.07, 6.45) is 1.56. The second-order valence-corrected chi connectivity index (χ2v) is 8.83. The van der Waals surface area contributed by atoms with E-state index in [2.05, 4.69) is 4.99 Å². The number of hydrogen-bond acceptors (Lipinski definition) is 9. The number of hydrogen-bond donors (Lipinski definition) is 0. The molecule has 1 aliphatic heterocycles. The molecule has 1 atom stereocenters. The quantitative estimate of drug-likeness (QED) is 0.217. The second-order valence-electron chi connectivity index (χ2n) is 7.82. The van der Waals surface area contributed by atoms with E-state index in [9.17, 15) is 24.5 Å². The van der Waals surface area contributed by atoms with E-state index in [4.69, 9.17) is 9.47 Å². The van der Waals surface area contributed by atoms with Gasteiger partial charge in [-0.2, -0.15) is 0 Å². The maximum atomic E-state index is 13.6. The van der Waals surface area contributed by atoms with Gasteiger partial charge >= 0.3 is 11.9 Å². The van der Waals surface area contributed by atoms with Crippen molar-refractivity contribution < 1.29 is 24.0 Å². The summed E-state index contributed by atoms with van der Waals surface area (Å²) in [7, 11) is 0. The molecule has 184 valence electrons. The topological polar surface area (TPSA) is 130 Å². The van der Waals surface area contributed by atoms with Crippen LogP contribution in [0.5, 0.6) is 5.75 Å². The summed E-state index contributed by atoms with van der Waals surface area (Å²) >= 11 is 1.11. The number of ether oxygens (including phenoxy) is 2. The Morgan fingerprint density at radius 2 is 1.94 bits per heavy atom. The maximum Gasteiger partial charge on any atom is 0.338 e. The Morgan fingerprint density at radius 3 is 2.58 bits per heavy atom. The summed E-state index contributed by atoms with van der Waals surface area (Å²) in [4.78, 5) is 53.3. The van der Waals surface area contributed by atoms with Gasteiger partial charge in [0.2, 0.25) is 0 Å². The number of fused-ring (bicyclic) bond motifs is 1. The molecule has 36 heavy (non-hydrogen) atoms. The summed E-state index contributed by atoms with van der Waals surface area (Å²) in [6.45, 7) is 4.79. The summed E-state index contributed by atoms with van der Waals surface area (Å²) in [5.74, 6) is -0.747. The van der Waals surface area contributed by atoms with Gasteiger partial charge in [-0.05, 0) is 43.2 Å². The lowest BCUT2D eigenvalue weighted by molar-refractivity contribution is -0.384. The fourth-order valence-corrected chi connectivity index (χ4v) is 4.92. The van der Waals surface area contributed by atoms with Crippen LogP contribution in [0.15, 0.2) is 69.6 Å². The van der Waals surface area contributed by atoms with Gasteiger partial charge < -0.3 is 9.47 Å². The number of benzene rings is 2. The lowest BCUT2D eigenvalue weighted by atomic mass is 9.96. The lowest BCUT2D eigenvalue weighted by Crippen LogP contribution is -2.39. The first-order valence-corrected chi connectivity index (χ1v) is 11.7. The summed E-state index contributed by atoms with van der Waals surface area (Å²) in [5, 5.41) is 11.1.